The second-order valence-corrected chi connectivity index (χ2v) is 7.35. The predicted octanol–water partition coefficient (Wildman–Crippen LogP) is 1.64. The number of aliphatic hydroxyl groups excluding tert-OH is 1. The van der Waals surface area contributed by atoms with Crippen LogP contribution in [0.4, 0.5) is 0 Å². The molecule has 1 aromatic carbocycles. The van der Waals surface area contributed by atoms with E-state index in [2.05, 4.69) is 0 Å². The van der Waals surface area contributed by atoms with E-state index in [9.17, 15) is 9.90 Å². The number of benzene rings is 1. The minimum Gasteiger partial charge on any atom is -0.497 e. The molecule has 6 heteroatoms. The molecule has 3 rings (SSSR count). The molecule has 0 aliphatic carbocycles. The van der Waals surface area contributed by atoms with Gasteiger partial charge in [0.1, 0.15) is 5.75 Å². The SMILES string of the molecule is COc1cccc(SCC(=O)N2C[C@@H]3CCOC[C@]3(CO)C2)c1. The first-order chi connectivity index (χ1) is 11.2. The lowest BCUT2D eigenvalue weighted by molar-refractivity contribution is -0.128. The van der Waals surface area contributed by atoms with Gasteiger partial charge in [-0.2, -0.15) is 0 Å². The highest BCUT2D eigenvalue weighted by atomic mass is 32.2. The molecule has 2 aliphatic heterocycles. The maximum Gasteiger partial charge on any atom is 0.232 e. The number of methoxy groups -OCH3 is 1. The Morgan fingerprint density at radius 3 is 3.17 bits per heavy atom. The van der Waals surface area contributed by atoms with Gasteiger partial charge in [0.15, 0.2) is 0 Å². The molecule has 23 heavy (non-hydrogen) atoms. The van der Waals surface area contributed by atoms with Crippen LogP contribution in [0.3, 0.4) is 0 Å². The average Bonchev–Trinajstić information content (AvgIpc) is 3.00. The van der Waals surface area contributed by atoms with Gasteiger partial charge < -0.3 is 19.5 Å². The molecule has 0 spiro atoms. The Bertz CT molecular complexity index is 567. The number of carbonyl (C=O) groups excluding carboxylic acids is 1. The molecule has 0 aromatic heterocycles. The summed E-state index contributed by atoms with van der Waals surface area (Å²) in [4.78, 5) is 15.4. The number of ether oxygens (including phenoxy) is 2. The van der Waals surface area contributed by atoms with Gasteiger partial charge in [-0.3, -0.25) is 4.79 Å². The Balaban J connectivity index is 1.58. The zero-order valence-corrected chi connectivity index (χ0v) is 14.2. The second-order valence-electron chi connectivity index (χ2n) is 6.30. The van der Waals surface area contributed by atoms with Gasteiger partial charge in [-0.05, 0) is 30.5 Å². The molecule has 0 radical (unpaired) electrons. The third kappa shape index (κ3) is 3.49. The van der Waals surface area contributed by atoms with E-state index in [0.717, 1.165) is 30.2 Å². The summed E-state index contributed by atoms with van der Waals surface area (Å²) in [6.45, 7) is 2.71. The van der Waals surface area contributed by atoms with E-state index in [0.29, 0.717) is 24.8 Å². The van der Waals surface area contributed by atoms with Gasteiger partial charge >= 0.3 is 0 Å². The summed E-state index contributed by atoms with van der Waals surface area (Å²) in [5, 5.41) is 9.78. The van der Waals surface area contributed by atoms with Crippen molar-refractivity contribution in [2.24, 2.45) is 11.3 Å². The van der Waals surface area contributed by atoms with E-state index in [1.807, 2.05) is 29.2 Å². The maximum absolute atomic E-state index is 12.5. The van der Waals surface area contributed by atoms with E-state index in [-0.39, 0.29) is 17.9 Å². The van der Waals surface area contributed by atoms with Crippen LogP contribution in [0.15, 0.2) is 29.2 Å². The third-order valence-electron chi connectivity index (χ3n) is 4.88. The fourth-order valence-electron chi connectivity index (χ4n) is 3.44. The maximum atomic E-state index is 12.5. The van der Waals surface area contributed by atoms with Crippen LogP contribution in [0.1, 0.15) is 6.42 Å². The van der Waals surface area contributed by atoms with Crippen molar-refractivity contribution >= 4 is 17.7 Å². The van der Waals surface area contributed by atoms with E-state index in [1.54, 1.807) is 7.11 Å². The summed E-state index contributed by atoms with van der Waals surface area (Å²) >= 11 is 1.52. The number of amides is 1. The number of hydrogen-bond donors (Lipinski definition) is 1. The molecular weight excluding hydrogens is 314 g/mol. The summed E-state index contributed by atoms with van der Waals surface area (Å²) in [7, 11) is 1.64. The van der Waals surface area contributed by atoms with Crippen molar-refractivity contribution in [2.75, 3.05) is 45.8 Å². The second kappa shape index (κ2) is 7.11. The van der Waals surface area contributed by atoms with Crippen LogP contribution in [0, 0.1) is 11.3 Å². The Kier molecular flexibility index (Phi) is 5.14. The monoisotopic (exact) mass is 337 g/mol. The summed E-state index contributed by atoms with van der Waals surface area (Å²) in [6.07, 6.45) is 0.924. The molecule has 1 amide bonds. The van der Waals surface area contributed by atoms with Crippen molar-refractivity contribution in [3.8, 4) is 5.75 Å². The molecule has 0 bridgehead atoms. The van der Waals surface area contributed by atoms with Gasteiger partial charge in [-0.25, -0.2) is 0 Å². The first-order valence-corrected chi connectivity index (χ1v) is 8.89. The van der Waals surface area contributed by atoms with Gasteiger partial charge in [0.05, 0.1) is 26.1 Å². The molecule has 1 N–H and O–H groups in total. The Hall–Kier alpha value is -1.24. The number of rotatable bonds is 5. The summed E-state index contributed by atoms with van der Waals surface area (Å²) in [5.74, 6) is 1.68. The van der Waals surface area contributed by atoms with Gasteiger partial charge in [-0.15, -0.1) is 11.8 Å². The lowest BCUT2D eigenvalue weighted by atomic mass is 9.76. The minimum absolute atomic E-state index is 0.0878. The van der Waals surface area contributed by atoms with Crippen LogP contribution in [0.5, 0.6) is 5.75 Å². The number of thioether (sulfide) groups is 1. The summed E-state index contributed by atoms with van der Waals surface area (Å²) < 4.78 is 10.7. The number of hydrogen-bond acceptors (Lipinski definition) is 5. The van der Waals surface area contributed by atoms with Crippen LogP contribution in [-0.4, -0.2) is 61.7 Å². The third-order valence-corrected chi connectivity index (χ3v) is 5.86. The Morgan fingerprint density at radius 1 is 1.57 bits per heavy atom. The molecule has 1 aromatic rings. The lowest BCUT2D eigenvalue weighted by Gasteiger charge is -2.36. The van der Waals surface area contributed by atoms with Crippen molar-refractivity contribution in [3.05, 3.63) is 24.3 Å². The van der Waals surface area contributed by atoms with Crippen molar-refractivity contribution in [3.63, 3.8) is 0 Å². The van der Waals surface area contributed by atoms with Gasteiger partial charge in [0.25, 0.3) is 0 Å². The molecular formula is C17H23NO4S. The number of likely N-dealkylation sites (tertiary alicyclic amines) is 1. The number of fused-ring (bicyclic) bond motifs is 1. The minimum atomic E-state index is -0.255. The molecule has 2 heterocycles. The van der Waals surface area contributed by atoms with Gasteiger partial charge in [0, 0.05) is 30.0 Å². The van der Waals surface area contributed by atoms with E-state index >= 15 is 0 Å². The molecule has 2 aliphatic rings. The predicted molar refractivity (Wildman–Crippen MR) is 88.7 cm³/mol. The molecule has 2 saturated heterocycles. The fourth-order valence-corrected chi connectivity index (χ4v) is 4.28. The molecule has 0 unspecified atom stereocenters. The van der Waals surface area contributed by atoms with Gasteiger partial charge in [-0.1, -0.05) is 6.07 Å². The zero-order chi connectivity index (χ0) is 16.3. The standard InChI is InChI=1S/C17H23NO4S/c1-21-14-3-2-4-15(7-14)23-9-16(20)18-8-13-5-6-22-12-17(13,10-18)11-19/h2-4,7,13,19H,5-6,8-12H2,1H3/t13-,17+/m0/s1. The number of nitrogens with zero attached hydrogens (tertiary/aromatic N) is 1. The zero-order valence-electron chi connectivity index (χ0n) is 13.4. The normalized spacial score (nSPS) is 26.9. The largest absolute Gasteiger partial charge is 0.497 e. The first kappa shape index (κ1) is 16.6. The fraction of sp³-hybridized carbons (Fsp3) is 0.588. The summed E-state index contributed by atoms with van der Waals surface area (Å²) in [5.41, 5.74) is -0.255. The number of aliphatic hydroxyl groups is 1. The Labute approximate surface area is 140 Å². The highest BCUT2D eigenvalue weighted by Gasteiger charge is 2.49. The van der Waals surface area contributed by atoms with E-state index < -0.39 is 0 Å². The van der Waals surface area contributed by atoms with Gasteiger partial charge in [0.2, 0.25) is 5.91 Å². The molecule has 2 atom stereocenters. The van der Waals surface area contributed by atoms with Crippen LogP contribution in [0.2, 0.25) is 0 Å². The van der Waals surface area contributed by atoms with Crippen LogP contribution >= 0.6 is 11.8 Å². The molecule has 0 saturated carbocycles. The first-order valence-electron chi connectivity index (χ1n) is 7.90. The molecule has 2 fully saturated rings. The molecule has 126 valence electrons. The number of carbonyl (C=O) groups is 1. The van der Waals surface area contributed by atoms with Crippen molar-refractivity contribution in [2.45, 2.75) is 11.3 Å². The van der Waals surface area contributed by atoms with Crippen LogP contribution in [0.25, 0.3) is 0 Å². The highest BCUT2D eigenvalue weighted by molar-refractivity contribution is 8.00. The lowest BCUT2D eigenvalue weighted by Crippen LogP contribution is -2.43. The van der Waals surface area contributed by atoms with Crippen LogP contribution in [-0.2, 0) is 9.53 Å². The van der Waals surface area contributed by atoms with E-state index in [4.69, 9.17) is 9.47 Å². The van der Waals surface area contributed by atoms with Crippen molar-refractivity contribution in [1.82, 2.24) is 4.90 Å². The van der Waals surface area contributed by atoms with Crippen molar-refractivity contribution in [1.29, 1.82) is 0 Å². The topological polar surface area (TPSA) is 59.0 Å². The smallest absolute Gasteiger partial charge is 0.232 e. The Morgan fingerprint density at radius 2 is 2.43 bits per heavy atom. The summed E-state index contributed by atoms with van der Waals surface area (Å²) in [6, 6.07) is 7.73. The molecule has 5 nitrogen and oxygen atoms in total. The van der Waals surface area contributed by atoms with Crippen molar-refractivity contribution < 1.29 is 19.4 Å². The highest BCUT2D eigenvalue weighted by Crippen LogP contribution is 2.41. The van der Waals surface area contributed by atoms with E-state index in [1.165, 1.54) is 11.8 Å². The average molecular weight is 337 g/mol. The quantitative estimate of drug-likeness (QED) is 0.828. The van der Waals surface area contributed by atoms with Crippen LogP contribution < -0.4 is 4.74 Å².